The van der Waals surface area contributed by atoms with E-state index < -0.39 is 23.1 Å². The van der Waals surface area contributed by atoms with E-state index in [-0.39, 0.29) is 31.7 Å². The minimum Gasteiger partial charge on any atom is -0.530 e. The van der Waals surface area contributed by atoms with Crippen molar-refractivity contribution in [2.45, 2.75) is 24.1 Å². The number of anilines is 2. The largest absolute Gasteiger partial charge is 0.530 e. The maximum atomic E-state index is 13.9. The van der Waals surface area contributed by atoms with Gasteiger partial charge >= 0.3 is 0 Å². The number of nitriles is 1. The molecule has 60 heavy (non-hydrogen) atoms. The van der Waals surface area contributed by atoms with Crippen LogP contribution in [0, 0.1) is 11.3 Å². The van der Waals surface area contributed by atoms with Gasteiger partial charge in [0.2, 0.25) is 0 Å². The summed E-state index contributed by atoms with van der Waals surface area (Å²) in [6, 6.07) is 62.4. The van der Waals surface area contributed by atoms with Crippen LogP contribution < -0.4 is 21.1 Å². The van der Waals surface area contributed by atoms with Crippen molar-refractivity contribution in [1.29, 1.82) is 5.26 Å². The highest BCUT2D eigenvalue weighted by molar-refractivity contribution is 6.05. The Morgan fingerprint density at radius 2 is 1.08 bits per heavy atom. The summed E-state index contributed by atoms with van der Waals surface area (Å²) < 4.78 is 8.95. The highest BCUT2D eigenvalue weighted by atomic mass is 16.5. The molecular formula is C50H43N6O4-. The van der Waals surface area contributed by atoms with Crippen LogP contribution in [-0.4, -0.2) is 34.9 Å². The smallest absolute Gasteiger partial charge is 0.252 e. The quantitative estimate of drug-likeness (QED) is 0.0482. The van der Waals surface area contributed by atoms with Crippen LogP contribution in [0.25, 0.3) is 0 Å². The van der Waals surface area contributed by atoms with Gasteiger partial charge in [-0.15, -0.1) is 0 Å². The summed E-state index contributed by atoms with van der Waals surface area (Å²) in [5.41, 5.74) is 4.07. The van der Waals surface area contributed by atoms with Gasteiger partial charge in [-0.05, 0) is 39.8 Å². The van der Waals surface area contributed by atoms with Gasteiger partial charge in [0.25, 0.3) is 5.91 Å². The standard InChI is InChI=1S/C50H44N6O4/c51-33-31-38(32-34-52-48(58)59)47(57)54-45-37-53-56(35-36-60-50(42-25-13-4-14-26-42,43-27-15-5-16-28-43)44-29-17-6-18-30-44)46(45)55-49(39-19-7-1-8-20-39,40-21-9-2-10-22-40)41-23-11-3-12-24-41/h1-31,37,52,55H,32,34-36H2,(H,54,57)(H,58,59)/p-1/b38-31+. The Hall–Kier alpha value is -7.74. The number of ether oxygens (including phenoxy) is 1. The Labute approximate surface area is 349 Å². The van der Waals surface area contributed by atoms with E-state index in [4.69, 9.17) is 9.84 Å². The van der Waals surface area contributed by atoms with Gasteiger partial charge in [-0.3, -0.25) is 4.79 Å². The molecule has 0 radical (unpaired) electrons. The van der Waals surface area contributed by atoms with Crippen LogP contribution in [0.3, 0.4) is 0 Å². The molecule has 3 N–H and O–H groups in total. The van der Waals surface area contributed by atoms with E-state index in [2.05, 4.69) is 88.7 Å². The fraction of sp³-hybridized carbons (Fsp3) is 0.120. The highest BCUT2D eigenvalue weighted by Crippen LogP contribution is 2.43. The third kappa shape index (κ3) is 8.72. The summed E-state index contributed by atoms with van der Waals surface area (Å²) in [6.07, 6.45) is 1.15. The Balaban J connectivity index is 1.34. The zero-order valence-corrected chi connectivity index (χ0v) is 32.8. The number of hydrogen-bond donors (Lipinski definition) is 3. The van der Waals surface area contributed by atoms with Crippen molar-refractivity contribution in [3.63, 3.8) is 0 Å². The third-order valence-electron chi connectivity index (χ3n) is 10.4. The number of hydrogen-bond acceptors (Lipinski definition) is 7. The summed E-state index contributed by atoms with van der Waals surface area (Å²) in [7, 11) is 0. The normalized spacial score (nSPS) is 11.6. The molecule has 2 amide bonds. The van der Waals surface area contributed by atoms with Crippen LogP contribution >= 0.6 is 0 Å². The van der Waals surface area contributed by atoms with E-state index in [0.29, 0.717) is 11.5 Å². The first-order chi connectivity index (χ1) is 29.5. The lowest BCUT2D eigenvalue weighted by Crippen LogP contribution is -2.39. The van der Waals surface area contributed by atoms with E-state index in [0.717, 1.165) is 39.5 Å². The van der Waals surface area contributed by atoms with Crippen molar-refractivity contribution in [3.05, 3.63) is 233 Å². The Kier molecular flexibility index (Phi) is 12.9. The number of carboxylic acid groups (broad SMARTS) is 1. The second kappa shape index (κ2) is 19.1. The van der Waals surface area contributed by atoms with Crippen molar-refractivity contribution in [2.75, 3.05) is 23.8 Å². The van der Waals surface area contributed by atoms with Crippen molar-refractivity contribution in [2.24, 2.45) is 0 Å². The Morgan fingerprint density at radius 1 is 0.667 bits per heavy atom. The number of carbonyl (C=O) groups excluding carboxylic acids is 2. The topological polar surface area (TPSA) is 144 Å². The fourth-order valence-corrected chi connectivity index (χ4v) is 7.62. The molecule has 0 saturated heterocycles. The predicted octanol–water partition coefficient (Wildman–Crippen LogP) is 8.01. The lowest BCUT2D eigenvalue weighted by atomic mass is 9.77. The first kappa shape index (κ1) is 40.5. The summed E-state index contributed by atoms with van der Waals surface area (Å²) in [5.74, 6) is -0.117. The van der Waals surface area contributed by atoms with Gasteiger partial charge in [0.1, 0.15) is 28.7 Å². The molecule has 0 aliphatic heterocycles. The van der Waals surface area contributed by atoms with Gasteiger partial charge in [-0.25, -0.2) is 4.68 Å². The second-order valence-electron chi connectivity index (χ2n) is 13.9. The van der Waals surface area contributed by atoms with Crippen LogP contribution in [-0.2, 0) is 27.2 Å². The Bertz CT molecular complexity index is 2350. The number of benzene rings is 6. The minimum atomic E-state index is -1.48. The van der Waals surface area contributed by atoms with E-state index >= 15 is 0 Å². The number of rotatable bonds is 17. The number of amides is 2. The second-order valence-corrected chi connectivity index (χ2v) is 13.9. The van der Waals surface area contributed by atoms with Crippen LogP contribution in [0.15, 0.2) is 200 Å². The molecule has 7 rings (SSSR count). The lowest BCUT2D eigenvalue weighted by molar-refractivity contribution is -0.250. The molecule has 0 unspecified atom stereocenters. The molecule has 1 heterocycles. The van der Waals surface area contributed by atoms with E-state index in [1.165, 1.54) is 0 Å². The van der Waals surface area contributed by atoms with Gasteiger partial charge in [0, 0.05) is 18.2 Å². The molecule has 10 nitrogen and oxygen atoms in total. The molecule has 1 aromatic heterocycles. The molecule has 298 valence electrons. The average molecular weight is 792 g/mol. The maximum Gasteiger partial charge on any atom is 0.252 e. The first-order valence-corrected chi connectivity index (χ1v) is 19.6. The molecule has 0 fully saturated rings. The van der Waals surface area contributed by atoms with Crippen LogP contribution in [0.1, 0.15) is 39.8 Å². The molecule has 0 bridgehead atoms. The monoisotopic (exact) mass is 791 g/mol. The zero-order valence-electron chi connectivity index (χ0n) is 32.8. The Morgan fingerprint density at radius 3 is 1.48 bits per heavy atom. The zero-order chi connectivity index (χ0) is 41.6. The molecule has 10 heteroatoms. The maximum absolute atomic E-state index is 13.9. The van der Waals surface area contributed by atoms with Gasteiger partial charge < -0.3 is 30.6 Å². The van der Waals surface area contributed by atoms with Crippen molar-refractivity contribution in [1.82, 2.24) is 15.1 Å². The molecule has 0 spiro atoms. The summed E-state index contributed by atoms with van der Waals surface area (Å²) in [6.45, 7) is 0.319. The number of aromatic nitrogens is 2. The molecular weight excluding hydrogens is 749 g/mol. The molecule has 0 aliphatic rings. The first-order valence-electron chi connectivity index (χ1n) is 19.6. The number of nitrogens with one attached hydrogen (secondary N) is 3. The van der Waals surface area contributed by atoms with Crippen molar-refractivity contribution >= 4 is 23.5 Å². The average Bonchev–Trinajstić information content (AvgIpc) is 3.67. The van der Waals surface area contributed by atoms with Crippen LogP contribution in [0.2, 0.25) is 0 Å². The van der Waals surface area contributed by atoms with Gasteiger partial charge in [0.15, 0.2) is 0 Å². The predicted molar refractivity (Wildman–Crippen MR) is 231 cm³/mol. The third-order valence-corrected chi connectivity index (χ3v) is 10.4. The minimum absolute atomic E-state index is 0.0410. The lowest BCUT2D eigenvalue weighted by Gasteiger charge is -2.38. The van der Waals surface area contributed by atoms with E-state index in [1.54, 1.807) is 10.9 Å². The summed E-state index contributed by atoms with van der Waals surface area (Å²) in [4.78, 5) is 25.0. The molecule has 0 atom stereocenters. The molecule has 0 saturated carbocycles. The fourth-order valence-electron chi connectivity index (χ4n) is 7.62. The number of allylic oxidation sites excluding steroid dienone is 1. The van der Waals surface area contributed by atoms with Gasteiger partial charge in [0.05, 0.1) is 25.4 Å². The van der Waals surface area contributed by atoms with Gasteiger partial charge in [-0.2, -0.15) is 10.4 Å². The highest BCUT2D eigenvalue weighted by Gasteiger charge is 2.40. The molecule has 7 aromatic rings. The number of carbonyl (C=O) groups is 2. The van der Waals surface area contributed by atoms with Gasteiger partial charge in [-0.1, -0.05) is 182 Å². The van der Waals surface area contributed by atoms with E-state index in [1.807, 2.05) is 115 Å². The summed E-state index contributed by atoms with van der Waals surface area (Å²) >= 11 is 0. The SMILES string of the molecule is N#C/C=C(\CCNC(=O)[O-])C(=O)Nc1cnn(CCOC(c2ccccc2)(c2ccccc2)c2ccccc2)c1NC(c1ccccc1)(c1ccccc1)c1ccccc1. The van der Waals surface area contributed by atoms with Crippen LogP contribution in [0.4, 0.5) is 16.3 Å². The van der Waals surface area contributed by atoms with Crippen molar-refractivity contribution < 1.29 is 19.4 Å². The number of nitrogens with zero attached hydrogens (tertiary/aromatic N) is 3. The summed E-state index contributed by atoms with van der Waals surface area (Å²) in [5, 5.41) is 34.5. The van der Waals surface area contributed by atoms with Crippen molar-refractivity contribution in [3.8, 4) is 6.07 Å². The van der Waals surface area contributed by atoms with E-state index in [9.17, 15) is 20.0 Å². The van der Waals surface area contributed by atoms with Crippen LogP contribution in [0.5, 0.6) is 0 Å². The molecule has 6 aromatic carbocycles. The molecule has 0 aliphatic carbocycles.